The molecule has 138 valence electrons. The maximum atomic E-state index is 12.1. The van der Waals surface area contributed by atoms with Gasteiger partial charge in [0.1, 0.15) is 6.33 Å². The fraction of sp³-hybridized carbons (Fsp3) is 0.500. The monoisotopic (exact) mass is 357 g/mol. The molecule has 2 aromatic rings. The molecule has 1 heterocycles. The Morgan fingerprint density at radius 2 is 2.00 bits per heavy atom. The first-order chi connectivity index (χ1) is 12.5. The zero-order valence-corrected chi connectivity index (χ0v) is 15.0. The Balaban J connectivity index is 1.49. The molecular weight excluding hydrogens is 334 g/mol. The lowest BCUT2D eigenvalue weighted by atomic mass is 9.78. The van der Waals surface area contributed by atoms with Crippen molar-refractivity contribution in [1.29, 1.82) is 0 Å². The van der Waals surface area contributed by atoms with Crippen LogP contribution < -0.4 is 5.32 Å². The zero-order chi connectivity index (χ0) is 18.5. The summed E-state index contributed by atoms with van der Waals surface area (Å²) in [5.41, 5.74) is 1.10. The smallest absolute Gasteiger partial charge is 0.338 e. The number of aromatic nitrogens is 4. The maximum absolute atomic E-state index is 12.1. The van der Waals surface area contributed by atoms with Gasteiger partial charge in [-0.15, -0.1) is 5.10 Å². The average Bonchev–Trinajstić information content (AvgIpc) is 3.18. The van der Waals surface area contributed by atoms with E-state index in [1.807, 2.05) is 0 Å². The second-order valence-corrected chi connectivity index (χ2v) is 6.82. The molecule has 3 unspecified atom stereocenters. The van der Waals surface area contributed by atoms with Crippen LogP contribution in [0.25, 0.3) is 5.69 Å². The SMILES string of the molecule is CC1CCCC(NC(=O)COC(=O)c2ccc(-n3cnnn3)cc2)C1C. The Bertz CT molecular complexity index is 745. The van der Waals surface area contributed by atoms with Gasteiger partial charge in [-0.05, 0) is 52.9 Å². The minimum Gasteiger partial charge on any atom is -0.452 e. The van der Waals surface area contributed by atoms with Gasteiger partial charge in [0.2, 0.25) is 0 Å². The van der Waals surface area contributed by atoms with Crippen LogP contribution in [0, 0.1) is 11.8 Å². The molecular formula is C18H23N5O3. The van der Waals surface area contributed by atoms with Crippen LogP contribution in [0.2, 0.25) is 0 Å². The summed E-state index contributed by atoms with van der Waals surface area (Å²) in [6.45, 7) is 4.10. The third kappa shape index (κ3) is 4.25. The summed E-state index contributed by atoms with van der Waals surface area (Å²) in [5, 5.41) is 13.9. The molecule has 0 aliphatic heterocycles. The molecule has 26 heavy (non-hydrogen) atoms. The predicted molar refractivity (Wildman–Crippen MR) is 93.5 cm³/mol. The van der Waals surface area contributed by atoms with Gasteiger partial charge in [0.15, 0.2) is 6.61 Å². The van der Waals surface area contributed by atoms with Gasteiger partial charge in [-0.1, -0.05) is 26.7 Å². The fourth-order valence-corrected chi connectivity index (χ4v) is 3.28. The molecule has 3 rings (SSSR count). The van der Waals surface area contributed by atoms with E-state index in [0.29, 0.717) is 17.4 Å². The standard InChI is InChI=1S/C18H23N5O3/c1-12-4-3-5-16(13(12)2)20-17(24)10-26-18(25)14-6-8-15(9-7-14)23-11-19-21-22-23/h6-9,11-13,16H,3-5,10H2,1-2H3,(H,20,24). The minimum absolute atomic E-state index is 0.153. The number of tetrazole rings is 1. The lowest BCUT2D eigenvalue weighted by Crippen LogP contribution is -2.45. The van der Waals surface area contributed by atoms with Crippen LogP contribution in [-0.4, -0.2) is 44.7 Å². The number of esters is 1. The van der Waals surface area contributed by atoms with E-state index < -0.39 is 5.97 Å². The molecule has 1 aliphatic rings. The second kappa shape index (κ2) is 8.07. The van der Waals surface area contributed by atoms with Gasteiger partial charge in [-0.3, -0.25) is 4.79 Å². The number of carbonyl (C=O) groups excluding carboxylic acids is 2. The Morgan fingerprint density at radius 1 is 1.23 bits per heavy atom. The number of carbonyl (C=O) groups is 2. The van der Waals surface area contributed by atoms with Crippen LogP contribution in [0.1, 0.15) is 43.5 Å². The van der Waals surface area contributed by atoms with Crippen molar-refractivity contribution < 1.29 is 14.3 Å². The highest BCUT2D eigenvalue weighted by Gasteiger charge is 2.28. The summed E-state index contributed by atoms with van der Waals surface area (Å²) in [5.74, 6) is 0.237. The van der Waals surface area contributed by atoms with E-state index in [9.17, 15) is 9.59 Å². The molecule has 1 amide bonds. The van der Waals surface area contributed by atoms with E-state index >= 15 is 0 Å². The molecule has 3 atom stereocenters. The van der Waals surface area contributed by atoms with E-state index in [0.717, 1.165) is 18.5 Å². The van der Waals surface area contributed by atoms with Gasteiger partial charge in [0.25, 0.3) is 5.91 Å². The third-order valence-electron chi connectivity index (χ3n) is 5.10. The van der Waals surface area contributed by atoms with Gasteiger partial charge in [0, 0.05) is 6.04 Å². The quantitative estimate of drug-likeness (QED) is 0.819. The number of ether oxygens (including phenoxy) is 1. The average molecular weight is 357 g/mol. The summed E-state index contributed by atoms with van der Waals surface area (Å²) in [7, 11) is 0. The van der Waals surface area contributed by atoms with Crippen LogP contribution in [-0.2, 0) is 9.53 Å². The molecule has 8 nitrogen and oxygen atoms in total. The first kappa shape index (κ1) is 18.0. The van der Waals surface area contributed by atoms with Gasteiger partial charge >= 0.3 is 5.97 Å². The van der Waals surface area contributed by atoms with E-state index in [4.69, 9.17) is 4.74 Å². The minimum atomic E-state index is -0.534. The Labute approximate surface area is 151 Å². The molecule has 0 bridgehead atoms. The maximum Gasteiger partial charge on any atom is 0.338 e. The van der Waals surface area contributed by atoms with Gasteiger partial charge in [-0.2, -0.15) is 0 Å². The van der Waals surface area contributed by atoms with Crippen molar-refractivity contribution in [3.8, 4) is 5.69 Å². The third-order valence-corrected chi connectivity index (χ3v) is 5.10. The van der Waals surface area contributed by atoms with Crippen molar-refractivity contribution in [3.05, 3.63) is 36.2 Å². The number of amides is 1. The first-order valence-electron chi connectivity index (χ1n) is 8.84. The van der Waals surface area contributed by atoms with Crippen molar-refractivity contribution in [3.63, 3.8) is 0 Å². The van der Waals surface area contributed by atoms with E-state index in [2.05, 4.69) is 34.7 Å². The van der Waals surface area contributed by atoms with Crippen LogP contribution in [0.15, 0.2) is 30.6 Å². The molecule has 1 N–H and O–H groups in total. The predicted octanol–water partition coefficient (Wildman–Crippen LogP) is 1.76. The van der Waals surface area contributed by atoms with E-state index in [1.165, 1.54) is 17.4 Å². The number of hydrogen-bond donors (Lipinski definition) is 1. The summed E-state index contributed by atoms with van der Waals surface area (Å²) in [6, 6.07) is 6.79. The van der Waals surface area contributed by atoms with Gasteiger partial charge < -0.3 is 10.1 Å². The Kier molecular flexibility index (Phi) is 5.60. The number of rotatable bonds is 5. The molecule has 0 radical (unpaired) electrons. The van der Waals surface area contributed by atoms with E-state index in [-0.39, 0.29) is 18.6 Å². The Morgan fingerprint density at radius 3 is 2.69 bits per heavy atom. The van der Waals surface area contributed by atoms with Crippen LogP contribution in [0.5, 0.6) is 0 Å². The lowest BCUT2D eigenvalue weighted by Gasteiger charge is -2.34. The highest BCUT2D eigenvalue weighted by atomic mass is 16.5. The highest BCUT2D eigenvalue weighted by Crippen LogP contribution is 2.29. The molecule has 1 aromatic carbocycles. The normalized spacial score (nSPS) is 22.6. The zero-order valence-electron chi connectivity index (χ0n) is 15.0. The van der Waals surface area contributed by atoms with Crippen molar-refractivity contribution in [2.45, 2.75) is 39.2 Å². The van der Waals surface area contributed by atoms with Crippen LogP contribution >= 0.6 is 0 Å². The molecule has 1 aliphatic carbocycles. The van der Waals surface area contributed by atoms with E-state index in [1.54, 1.807) is 24.3 Å². The second-order valence-electron chi connectivity index (χ2n) is 6.82. The molecule has 1 fully saturated rings. The molecule has 0 spiro atoms. The van der Waals surface area contributed by atoms with Crippen molar-refractivity contribution in [2.24, 2.45) is 11.8 Å². The number of hydrogen-bond acceptors (Lipinski definition) is 6. The molecule has 1 aromatic heterocycles. The summed E-state index contributed by atoms with van der Waals surface area (Å²) in [6.07, 6.45) is 4.75. The Hall–Kier alpha value is -2.77. The van der Waals surface area contributed by atoms with Crippen molar-refractivity contribution >= 4 is 11.9 Å². The highest BCUT2D eigenvalue weighted by molar-refractivity contribution is 5.91. The topological polar surface area (TPSA) is 99.0 Å². The van der Waals surface area contributed by atoms with Crippen molar-refractivity contribution in [2.75, 3.05) is 6.61 Å². The number of benzene rings is 1. The summed E-state index contributed by atoms with van der Waals surface area (Å²) in [4.78, 5) is 24.2. The largest absolute Gasteiger partial charge is 0.452 e. The number of nitrogens with one attached hydrogen (secondary N) is 1. The van der Waals surface area contributed by atoms with Crippen molar-refractivity contribution in [1.82, 2.24) is 25.5 Å². The summed E-state index contributed by atoms with van der Waals surface area (Å²) >= 11 is 0. The molecule has 1 saturated carbocycles. The molecule has 8 heteroatoms. The molecule has 0 saturated heterocycles. The lowest BCUT2D eigenvalue weighted by molar-refractivity contribution is -0.125. The van der Waals surface area contributed by atoms with Gasteiger partial charge in [0.05, 0.1) is 11.3 Å². The summed E-state index contributed by atoms with van der Waals surface area (Å²) < 4.78 is 6.61. The van der Waals surface area contributed by atoms with Crippen LogP contribution in [0.4, 0.5) is 0 Å². The number of nitrogens with zero attached hydrogens (tertiary/aromatic N) is 4. The van der Waals surface area contributed by atoms with Crippen LogP contribution in [0.3, 0.4) is 0 Å². The first-order valence-corrected chi connectivity index (χ1v) is 8.84. The van der Waals surface area contributed by atoms with Gasteiger partial charge in [-0.25, -0.2) is 9.48 Å². The fourth-order valence-electron chi connectivity index (χ4n) is 3.28.